The number of hydrogen-bond acceptors (Lipinski definition) is 6. The van der Waals surface area contributed by atoms with Crippen LogP contribution < -0.4 is 19.1 Å². The molecule has 0 bridgehead atoms. The third kappa shape index (κ3) is 4.45. The minimum Gasteiger partial charge on any atom is -0.497 e. The van der Waals surface area contributed by atoms with Gasteiger partial charge in [0.15, 0.2) is 0 Å². The molecule has 0 radical (unpaired) electrons. The number of esters is 1. The Labute approximate surface area is 170 Å². The summed E-state index contributed by atoms with van der Waals surface area (Å²) in [6, 6.07) is 13.7. The van der Waals surface area contributed by atoms with Crippen LogP contribution in [0.1, 0.15) is 12.8 Å². The molecular formula is C22H25NO6. The van der Waals surface area contributed by atoms with Gasteiger partial charge in [0.05, 0.1) is 33.9 Å². The molecule has 154 valence electrons. The summed E-state index contributed by atoms with van der Waals surface area (Å²) in [5.41, 5.74) is 0.650. The second-order valence-electron chi connectivity index (χ2n) is 6.65. The second-order valence-corrected chi connectivity index (χ2v) is 6.65. The minimum absolute atomic E-state index is 0.0879. The number of nitrogens with zero attached hydrogens (tertiary/aromatic N) is 1. The van der Waals surface area contributed by atoms with Crippen molar-refractivity contribution in [1.82, 2.24) is 0 Å². The van der Waals surface area contributed by atoms with Gasteiger partial charge in [-0.25, -0.2) is 4.79 Å². The van der Waals surface area contributed by atoms with E-state index in [4.69, 9.17) is 18.9 Å². The predicted molar refractivity (Wildman–Crippen MR) is 107 cm³/mol. The maximum absolute atomic E-state index is 12.7. The lowest BCUT2D eigenvalue weighted by Gasteiger charge is -2.45. The van der Waals surface area contributed by atoms with E-state index in [1.54, 1.807) is 38.5 Å². The van der Waals surface area contributed by atoms with E-state index in [0.29, 0.717) is 30.9 Å². The van der Waals surface area contributed by atoms with E-state index < -0.39 is 17.9 Å². The van der Waals surface area contributed by atoms with Crippen molar-refractivity contribution in [2.75, 3.05) is 32.8 Å². The second kappa shape index (κ2) is 9.32. The smallest absolute Gasteiger partial charge is 0.329 e. The summed E-state index contributed by atoms with van der Waals surface area (Å²) in [4.78, 5) is 26.5. The summed E-state index contributed by atoms with van der Waals surface area (Å²) in [6.07, 6.45) is 1.19. The fourth-order valence-corrected chi connectivity index (χ4v) is 3.42. The first-order valence-electron chi connectivity index (χ1n) is 9.41. The Hall–Kier alpha value is -3.22. The van der Waals surface area contributed by atoms with Crippen molar-refractivity contribution in [2.24, 2.45) is 5.92 Å². The average molecular weight is 399 g/mol. The maximum atomic E-state index is 12.7. The average Bonchev–Trinajstić information content (AvgIpc) is 2.77. The normalized spacial score (nSPS) is 18.0. The molecule has 1 amide bonds. The Morgan fingerprint density at radius 3 is 2.00 bits per heavy atom. The van der Waals surface area contributed by atoms with Gasteiger partial charge in [-0.15, -0.1) is 0 Å². The number of amides is 1. The van der Waals surface area contributed by atoms with Crippen molar-refractivity contribution in [1.29, 1.82) is 0 Å². The Morgan fingerprint density at radius 2 is 1.45 bits per heavy atom. The molecule has 1 heterocycles. The first kappa shape index (κ1) is 20.5. The van der Waals surface area contributed by atoms with Gasteiger partial charge in [0.1, 0.15) is 23.3 Å². The Kier molecular flexibility index (Phi) is 6.59. The number of carbonyl (C=O) groups excluding carboxylic acids is 2. The summed E-state index contributed by atoms with van der Waals surface area (Å²) in [5, 5.41) is 0. The standard InChI is InChI=1S/C22H25NO6/c1-26-16-8-6-15(7-9-16)23-20(22(25)28-3)19(21(23)24)5-4-14-29-18-12-10-17(27-2)11-13-18/h6-13,19-20H,4-5,14H2,1-3H3/t19-,20+/m0/s1. The molecule has 0 aromatic heterocycles. The fourth-order valence-electron chi connectivity index (χ4n) is 3.42. The summed E-state index contributed by atoms with van der Waals surface area (Å²) in [7, 11) is 4.52. The topological polar surface area (TPSA) is 74.3 Å². The third-order valence-corrected chi connectivity index (χ3v) is 4.99. The van der Waals surface area contributed by atoms with Gasteiger partial charge >= 0.3 is 5.97 Å². The van der Waals surface area contributed by atoms with E-state index in [1.807, 2.05) is 24.3 Å². The number of ether oxygens (including phenoxy) is 4. The molecule has 3 rings (SSSR count). The Balaban J connectivity index is 1.57. The van der Waals surface area contributed by atoms with Crippen LogP contribution >= 0.6 is 0 Å². The molecular weight excluding hydrogens is 374 g/mol. The molecule has 1 aliphatic rings. The predicted octanol–water partition coefficient (Wildman–Crippen LogP) is 3.07. The van der Waals surface area contributed by atoms with Crippen LogP contribution in [0.25, 0.3) is 0 Å². The Bertz CT molecular complexity index is 833. The number of β-lactam (4-membered cyclic amide) rings is 1. The van der Waals surface area contributed by atoms with E-state index in [-0.39, 0.29) is 5.91 Å². The lowest BCUT2D eigenvalue weighted by Crippen LogP contribution is -2.65. The number of carbonyl (C=O) groups is 2. The van der Waals surface area contributed by atoms with Gasteiger partial charge in [-0.2, -0.15) is 0 Å². The maximum Gasteiger partial charge on any atom is 0.329 e. The summed E-state index contributed by atoms with van der Waals surface area (Å²) < 4.78 is 20.9. The molecule has 1 saturated heterocycles. The largest absolute Gasteiger partial charge is 0.497 e. The lowest BCUT2D eigenvalue weighted by atomic mass is 9.83. The quantitative estimate of drug-likeness (QED) is 0.367. The molecule has 0 spiro atoms. The molecule has 0 saturated carbocycles. The zero-order valence-corrected chi connectivity index (χ0v) is 16.8. The van der Waals surface area contributed by atoms with Gasteiger partial charge in [-0.05, 0) is 61.4 Å². The number of methoxy groups -OCH3 is 3. The SMILES string of the molecule is COC(=O)[C@H]1[C@H](CCCOc2ccc(OC)cc2)C(=O)N1c1ccc(OC)cc1. The fraction of sp³-hybridized carbons (Fsp3) is 0.364. The van der Waals surface area contributed by atoms with Crippen LogP contribution in [-0.4, -0.2) is 45.9 Å². The molecule has 7 heteroatoms. The number of benzene rings is 2. The lowest BCUT2D eigenvalue weighted by molar-refractivity contribution is -0.152. The molecule has 0 N–H and O–H groups in total. The Morgan fingerprint density at radius 1 is 0.897 bits per heavy atom. The monoisotopic (exact) mass is 399 g/mol. The highest BCUT2D eigenvalue weighted by molar-refractivity contribution is 6.10. The zero-order valence-electron chi connectivity index (χ0n) is 16.8. The van der Waals surface area contributed by atoms with Crippen molar-refractivity contribution in [3.8, 4) is 17.2 Å². The molecule has 2 atom stereocenters. The number of anilines is 1. The number of hydrogen-bond donors (Lipinski definition) is 0. The van der Waals surface area contributed by atoms with E-state index in [2.05, 4.69) is 0 Å². The van der Waals surface area contributed by atoms with Crippen LogP contribution in [0.3, 0.4) is 0 Å². The molecule has 1 fully saturated rings. The van der Waals surface area contributed by atoms with Crippen molar-refractivity contribution in [3.05, 3.63) is 48.5 Å². The summed E-state index contributed by atoms with van der Waals surface area (Å²) in [5.74, 6) is 1.26. The van der Waals surface area contributed by atoms with Crippen molar-refractivity contribution >= 4 is 17.6 Å². The van der Waals surface area contributed by atoms with Gasteiger partial charge in [0, 0.05) is 5.69 Å². The third-order valence-electron chi connectivity index (χ3n) is 4.99. The van der Waals surface area contributed by atoms with Crippen LogP contribution in [0.2, 0.25) is 0 Å². The number of rotatable bonds is 9. The van der Waals surface area contributed by atoms with Gasteiger partial charge in [-0.1, -0.05) is 0 Å². The van der Waals surface area contributed by atoms with Crippen LogP contribution in [0.5, 0.6) is 17.2 Å². The van der Waals surface area contributed by atoms with E-state index >= 15 is 0 Å². The van der Waals surface area contributed by atoms with Gasteiger partial charge in [-0.3, -0.25) is 9.69 Å². The molecule has 0 aliphatic carbocycles. The molecule has 1 aliphatic heterocycles. The highest BCUT2D eigenvalue weighted by atomic mass is 16.5. The first-order chi connectivity index (χ1) is 14.1. The molecule has 7 nitrogen and oxygen atoms in total. The van der Waals surface area contributed by atoms with Crippen LogP contribution in [0, 0.1) is 5.92 Å². The van der Waals surface area contributed by atoms with Gasteiger partial charge < -0.3 is 18.9 Å². The van der Waals surface area contributed by atoms with Crippen molar-refractivity contribution in [2.45, 2.75) is 18.9 Å². The van der Waals surface area contributed by atoms with E-state index in [1.165, 1.54) is 12.0 Å². The van der Waals surface area contributed by atoms with Gasteiger partial charge in [0.2, 0.25) is 5.91 Å². The molecule has 29 heavy (non-hydrogen) atoms. The van der Waals surface area contributed by atoms with Crippen LogP contribution in [0.4, 0.5) is 5.69 Å². The van der Waals surface area contributed by atoms with Crippen LogP contribution in [-0.2, 0) is 14.3 Å². The minimum atomic E-state index is -0.623. The highest BCUT2D eigenvalue weighted by Crippen LogP contribution is 2.36. The summed E-state index contributed by atoms with van der Waals surface area (Å²) >= 11 is 0. The summed E-state index contributed by atoms with van der Waals surface area (Å²) in [6.45, 7) is 0.451. The van der Waals surface area contributed by atoms with Gasteiger partial charge in [0.25, 0.3) is 0 Å². The highest BCUT2D eigenvalue weighted by Gasteiger charge is 2.52. The first-order valence-corrected chi connectivity index (χ1v) is 9.41. The van der Waals surface area contributed by atoms with Crippen LogP contribution in [0.15, 0.2) is 48.5 Å². The van der Waals surface area contributed by atoms with Crippen molar-refractivity contribution in [3.63, 3.8) is 0 Å². The van der Waals surface area contributed by atoms with E-state index in [0.717, 1.165) is 11.5 Å². The zero-order chi connectivity index (χ0) is 20.8. The van der Waals surface area contributed by atoms with E-state index in [9.17, 15) is 9.59 Å². The molecule has 2 aromatic carbocycles. The molecule has 0 unspecified atom stereocenters. The van der Waals surface area contributed by atoms with Crippen molar-refractivity contribution < 1.29 is 28.5 Å². The molecule has 2 aromatic rings.